The Kier molecular flexibility index (Phi) is 11.7. The summed E-state index contributed by atoms with van der Waals surface area (Å²) in [5.41, 5.74) is 0. The van der Waals surface area contributed by atoms with Crippen LogP contribution in [0.15, 0.2) is 37.4 Å². The molecule has 174 valence electrons. The average Bonchev–Trinajstić information content (AvgIpc) is 2.79. The summed E-state index contributed by atoms with van der Waals surface area (Å²) in [7, 11) is 0. The molecule has 4 heteroatoms. The van der Waals surface area contributed by atoms with Crippen LogP contribution < -0.4 is 9.47 Å². The normalized spacial score (nSPS) is 19.6. The second kappa shape index (κ2) is 14.3. The third-order valence-corrected chi connectivity index (χ3v) is 6.50. The van der Waals surface area contributed by atoms with Crippen LogP contribution in [0.4, 0.5) is 8.78 Å². The van der Waals surface area contributed by atoms with E-state index in [0.717, 1.165) is 43.9 Å². The van der Waals surface area contributed by atoms with Gasteiger partial charge < -0.3 is 9.47 Å². The zero-order chi connectivity index (χ0) is 22.5. The number of benzene rings is 1. The molecular weight excluding hydrogens is 394 g/mol. The summed E-state index contributed by atoms with van der Waals surface area (Å²) in [6.07, 6.45) is 16.1. The van der Waals surface area contributed by atoms with Gasteiger partial charge in [-0.25, -0.2) is 0 Å². The second-order valence-corrected chi connectivity index (χ2v) is 8.83. The van der Waals surface area contributed by atoms with E-state index in [2.05, 4.69) is 20.1 Å². The first-order chi connectivity index (χ1) is 15.1. The van der Waals surface area contributed by atoms with Crippen molar-refractivity contribution in [2.24, 2.45) is 17.8 Å². The van der Waals surface area contributed by atoms with Gasteiger partial charge in [0.05, 0.1) is 13.2 Å². The van der Waals surface area contributed by atoms with Gasteiger partial charge in [-0.2, -0.15) is 8.78 Å². The monoisotopic (exact) mass is 434 g/mol. The molecule has 0 aromatic heterocycles. The predicted molar refractivity (Wildman–Crippen MR) is 125 cm³/mol. The van der Waals surface area contributed by atoms with Gasteiger partial charge >= 0.3 is 0 Å². The average molecular weight is 435 g/mol. The molecule has 1 aliphatic carbocycles. The predicted octanol–water partition coefficient (Wildman–Crippen LogP) is 8.27. The molecule has 0 bridgehead atoms. The molecule has 1 fully saturated rings. The summed E-state index contributed by atoms with van der Waals surface area (Å²) in [5.74, 6) is -0.0184. The van der Waals surface area contributed by atoms with Crippen LogP contribution in [0.2, 0.25) is 0 Å². The molecule has 0 radical (unpaired) electrons. The van der Waals surface area contributed by atoms with E-state index >= 15 is 0 Å². The topological polar surface area (TPSA) is 18.5 Å². The summed E-state index contributed by atoms with van der Waals surface area (Å²) >= 11 is 0. The van der Waals surface area contributed by atoms with Crippen LogP contribution in [0.5, 0.6) is 11.5 Å². The van der Waals surface area contributed by atoms with Gasteiger partial charge in [-0.3, -0.25) is 0 Å². The lowest BCUT2D eigenvalue weighted by atomic mass is 9.73. The first kappa shape index (κ1) is 25.4. The maximum atomic E-state index is 14.4. The van der Waals surface area contributed by atoms with E-state index < -0.39 is 11.6 Å². The van der Waals surface area contributed by atoms with E-state index in [4.69, 9.17) is 9.47 Å². The van der Waals surface area contributed by atoms with Gasteiger partial charge in [-0.05, 0) is 87.7 Å². The molecule has 0 aliphatic heterocycles. The molecule has 1 unspecified atom stereocenters. The van der Waals surface area contributed by atoms with Crippen molar-refractivity contribution in [1.29, 1.82) is 0 Å². The van der Waals surface area contributed by atoms with Gasteiger partial charge in [0, 0.05) is 0 Å². The minimum Gasteiger partial charge on any atom is -0.490 e. The van der Waals surface area contributed by atoms with Crippen LogP contribution in [0, 0.1) is 29.4 Å². The van der Waals surface area contributed by atoms with Gasteiger partial charge in [0.2, 0.25) is 11.6 Å². The Morgan fingerprint density at radius 1 is 0.935 bits per heavy atom. The number of rotatable bonds is 15. The number of halogens is 2. The maximum absolute atomic E-state index is 14.4. The fourth-order valence-corrected chi connectivity index (χ4v) is 4.69. The molecule has 1 aromatic carbocycles. The summed E-state index contributed by atoms with van der Waals surface area (Å²) in [6, 6.07) is 2.93. The van der Waals surface area contributed by atoms with Gasteiger partial charge in [-0.1, -0.05) is 31.9 Å². The van der Waals surface area contributed by atoms with Gasteiger partial charge in [0.1, 0.15) is 0 Å². The molecule has 2 nitrogen and oxygen atoms in total. The lowest BCUT2D eigenvalue weighted by molar-refractivity contribution is 0.141. The molecule has 0 amide bonds. The Morgan fingerprint density at radius 3 is 2.16 bits per heavy atom. The zero-order valence-electron chi connectivity index (χ0n) is 19.2. The van der Waals surface area contributed by atoms with E-state index in [1.807, 2.05) is 6.08 Å². The molecule has 0 N–H and O–H groups in total. The SMILES string of the molecule is C=CCCCOc1ccc(OCC2CCC(C(CCC)CCCC=C)CC2)c(F)c1F. The quantitative estimate of drug-likeness (QED) is 0.204. The summed E-state index contributed by atoms with van der Waals surface area (Å²) < 4.78 is 39.7. The molecule has 1 atom stereocenters. The van der Waals surface area contributed by atoms with E-state index in [9.17, 15) is 8.78 Å². The standard InChI is InChI=1S/C27H40F2O2/c1-4-7-9-12-22(11-6-3)23-15-13-21(14-16-23)20-31-25-18-17-24(26(28)27(25)29)30-19-10-8-5-2/h4-5,17-18,21-23H,1-2,6-16,19-20H2,3H3. The van der Waals surface area contributed by atoms with Crippen molar-refractivity contribution in [3.8, 4) is 11.5 Å². The summed E-state index contributed by atoms with van der Waals surface area (Å²) in [4.78, 5) is 0. The van der Waals surface area contributed by atoms with Gasteiger partial charge in [0.25, 0.3) is 0 Å². The minimum atomic E-state index is -0.971. The lowest BCUT2D eigenvalue weighted by Gasteiger charge is -2.34. The Hall–Kier alpha value is -1.84. The molecule has 1 aromatic rings. The van der Waals surface area contributed by atoms with Gasteiger partial charge in [-0.15, -0.1) is 13.2 Å². The van der Waals surface area contributed by atoms with Crippen molar-refractivity contribution in [2.45, 2.75) is 77.6 Å². The highest BCUT2D eigenvalue weighted by Crippen LogP contribution is 2.38. The minimum absolute atomic E-state index is 0.0219. The zero-order valence-corrected chi connectivity index (χ0v) is 19.2. The van der Waals surface area contributed by atoms with Gasteiger partial charge in [0.15, 0.2) is 11.5 Å². The number of hydrogen-bond donors (Lipinski definition) is 0. The number of allylic oxidation sites excluding steroid dienone is 2. The molecule has 0 spiro atoms. The van der Waals surface area contributed by atoms with Crippen molar-refractivity contribution in [1.82, 2.24) is 0 Å². The van der Waals surface area contributed by atoms with Crippen LogP contribution in [0.25, 0.3) is 0 Å². The molecule has 2 rings (SSSR count). The summed E-state index contributed by atoms with van der Waals surface area (Å²) in [6.45, 7) is 10.5. The Labute approximate surface area is 187 Å². The van der Waals surface area contributed by atoms with Crippen LogP contribution in [-0.2, 0) is 0 Å². The fourth-order valence-electron chi connectivity index (χ4n) is 4.69. The third-order valence-electron chi connectivity index (χ3n) is 6.50. The second-order valence-electron chi connectivity index (χ2n) is 8.83. The molecule has 31 heavy (non-hydrogen) atoms. The van der Waals surface area contributed by atoms with Crippen molar-refractivity contribution in [3.63, 3.8) is 0 Å². The van der Waals surface area contributed by atoms with Crippen molar-refractivity contribution < 1.29 is 18.3 Å². The van der Waals surface area contributed by atoms with E-state index in [1.54, 1.807) is 6.08 Å². The number of ether oxygens (including phenoxy) is 2. The Morgan fingerprint density at radius 2 is 1.55 bits per heavy atom. The van der Waals surface area contributed by atoms with E-state index in [-0.39, 0.29) is 11.5 Å². The highest BCUT2D eigenvalue weighted by atomic mass is 19.2. The molecular formula is C27H40F2O2. The Balaban J connectivity index is 1.80. The maximum Gasteiger partial charge on any atom is 0.204 e. The Bertz CT molecular complexity index is 665. The molecule has 1 saturated carbocycles. The first-order valence-electron chi connectivity index (χ1n) is 12.1. The highest BCUT2D eigenvalue weighted by molar-refractivity contribution is 5.35. The highest BCUT2D eigenvalue weighted by Gasteiger charge is 2.27. The third kappa shape index (κ3) is 8.31. The largest absolute Gasteiger partial charge is 0.490 e. The summed E-state index contributed by atoms with van der Waals surface area (Å²) in [5, 5.41) is 0. The van der Waals surface area contributed by atoms with E-state index in [1.165, 1.54) is 50.7 Å². The fraction of sp³-hybridized carbons (Fsp3) is 0.630. The van der Waals surface area contributed by atoms with Crippen molar-refractivity contribution >= 4 is 0 Å². The lowest BCUT2D eigenvalue weighted by Crippen LogP contribution is -2.25. The molecule has 1 aliphatic rings. The number of unbranched alkanes of at least 4 members (excludes halogenated alkanes) is 2. The van der Waals surface area contributed by atoms with Crippen LogP contribution >= 0.6 is 0 Å². The van der Waals surface area contributed by atoms with Crippen LogP contribution in [0.3, 0.4) is 0 Å². The molecule has 0 heterocycles. The number of hydrogen-bond acceptors (Lipinski definition) is 2. The van der Waals surface area contributed by atoms with Crippen molar-refractivity contribution in [3.05, 3.63) is 49.1 Å². The van der Waals surface area contributed by atoms with Crippen LogP contribution in [0.1, 0.15) is 77.6 Å². The molecule has 0 saturated heterocycles. The smallest absolute Gasteiger partial charge is 0.204 e. The van der Waals surface area contributed by atoms with E-state index in [0.29, 0.717) is 19.1 Å². The van der Waals surface area contributed by atoms with Crippen molar-refractivity contribution in [2.75, 3.05) is 13.2 Å². The first-order valence-corrected chi connectivity index (χ1v) is 12.1. The van der Waals surface area contributed by atoms with Crippen LogP contribution in [-0.4, -0.2) is 13.2 Å².